The Kier molecular flexibility index (Phi) is 7.74. The first-order chi connectivity index (χ1) is 10.8. The van der Waals surface area contributed by atoms with E-state index in [1.54, 1.807) is 19.1 Å². The molecule has 0 unspecified atom stereocenters. The van der Waals surface area contributed by atoms with Crippen LogP contribution in [0.1, 0.15) is 46.5 Å². The van der Waals surface area contributed by atoms with Gasteiger partial charge in [0.05, 0.1) is 6.54 Å². The van der Waals surface area contributed by atoms with Crippen LogP contribution in [0.15, 0.2) is 0 Å². The zero-order valence-corrected chi connectivity index (χ0v) is 15.0. The lowest BCUT2D eigenvalue weighted by molar-refractivity contribution is -0.134. The van der Waals surface area contributed by atoms with Gasteiger partial charge in [-0.15, -0.1) is 0 Å². The Balaban J connectivity index is 2.55. The van der Waals surface area contributed by atoms with Crippen molar-refractivity contribution in [3.63, 3.8) is 0 Å². The fourth-order valence-electron chi connectivity index (χ4n) is 2.43. The lowest BCUT2D eigenvalue weighted by atomic mass is 9.88. The molecule has 0 aromatic carbocycles. The average molecular weight is 323 g/mol. The molecule has 2 atom stereocenters. The molecule has 0 radical (unpaired) electrons. The minimum absolute atomic E-state index is 0.0484. The molecule has 1 amide bonds. The van der Waals surface area contributed by atoms with Crippen molar-refractivity contribution in [3.8, 4) is 11.8 Å². The standard InChI is InChI=1S/C18H29NO4/c1-18(2,3)16(20)10-8-11-17(21)19-12-7-6-9-14(22-4)15(13-19)23-5/h14-15H,7-8,10-13H2,1-5H3/t14-,15-/m0/s1. The molecule has 0 aromatic rings. The van der Waals surface area contributed by atoms with Crippen LogP contribution in [0, 0.1) is 17.3 Å². The van der Waals surface area contributed by atoms with E-state index in [1.807, 2.05) is 20.8 Å². The second kappa shape index (κ2) is 9.05. The smallest absolute Gasteiger partial charge is 0.222 e. The van der Waals surface area contributed by atoms with Crippen molar-refractivity contribution in [2.24, 2.45) is 5.41 Å². The fraction of sp³-hybridized carbons (Fsp3) is 0.778. The number of hydrogen-bond acceptors (Lipinski definition) is 4. The lowest BCUT2D eigenvalue weighted by Gasteiger charge is -2.30. The van der Waals surface area contributed by atoms with E-state index in [0.717, 1.165) is 0 Å². The van der Waals surface area contributed by atoms with Crippen molar-refractivity contribution < 1.29 is 19.1 Å². The maximum absolute atomic E-state index is 12.4. The van der Waals surface area contributed by atoms with Gasteiger partial charge in [-0.05, 0) is 6.42 Å². The number of methoxy groups -OCH3 is 2. The third-order valence-electron chi connectivity index (χ3n) is 4.03. The number of hydrogen-bond donors (Lipinski definition) is 0. The highest BCUT2D eigenvalue weighted by Crippen LogP contribution is 2.19. The summed E-state index contributed by atoms with van der Waals surface area (Å²) in [5, 5.41) is 0. The van der Waals surface area contributed by atoms with Gasteiger partial charge in [-0.25, -0.2) is 0 Å². The molecular formula is C18H29NO4. The summed E-state index contributed by atoms with van der Waals surface area (Å²) >= 11 is 0. The molecule has 0 saturated carbocycles. The Bertz CT molecular complexity index is 470. The molecule has 0 N–H and O–H groups in total. The predicted molar refractivity (Wildman–Crippen MR) is 88.9 cm³/mol. The highest BCUT2D eigenvalue weighted by molar-refractivity contribution is 5.84. The summed E-state index contributed by atoms with van der Waals surface area (Å²) in [6.07, 6.45) is 1.46. The maximum Gasteiger partial charge on any atom is 0.222 e. The van der Waals surface area contributed by atoms with E-state index >= 15 is 0 Å². The van der Waals surface area contributed by atoms with E-state index in [0.29, 0.717) is 38.8 Å². The SMILES string of the molecule is CO[C@H]1C#CCCN(C(=O)CCCC(=O)C(C)(C)C)C[C@@H]1OC. The molecular weight excluding hydrogens is 294 g/mol. The quantitative estimate of drug-likeness (QED) is 0.702. The first-order valence-corrected chi connectivity index (χ1v) is 8.14. The number of carbonyl (C=O) groups excluding carboxylic acids is 2. The van der Waals surface area contributed by atoms with Gasteiger partial charge in [0.1, 0.15) is 18.0 Å². The molecule has 23 heavy (non-hydrogen) atoms. The Hall–Kier alpha value is -1.38. The largest absolute Gasteiger partial charge is 0.376 e. The van der Waals surface area contributed by atoms with Crippen LogP contribution in [0.2, 0.25) is 0 Å². The topological polar surface area (TPSA) is 55.8 Å². The van der Waals surface area contributed by atoms with Crippen LogP contribution in [-0.4, -0.2) is 56.1 Å². The van der Waals surface area contributed by atoms with E-state index in [9.17, 15) is 9.59 Å². The molecule has 5 nitrogen and oxygen atoms in total. The van der Waals surface area contributed by atoms with E-state index in [-0.39, 0.29) is 29.3 Å². The van der Waals surface area contributed by atoms with Crippen molar-refractivity contribution in [2.45, 2.75) is 58.7 Å². The molecule has 0 fully saturated rings. The second-order valence-corrected chi connectivity index (χ2v) is 6.87. The van der Waals surface area contributed by atoms with E-state index in [1.165, 1.54) is 0 Å². The number of ketones is 1. The van der Waals surface area contributed by atoms with E-state index in [4.69, 9.17) is 9.47 Å². The first kappa shape index (κ1) is 19.7. The summed E-state index contributed by atoms with van der Waals surface area (Å²) in [5.74, 6) is 6.30. The number of Topliss-reactive ketones (excluding diaryl/α,β-unsaturated/α-hetero) is 1. The van der Waals surface area contributed by atoms with Crippen molar-refractivity contribution in [1.82, 2.24) is 4.90 Å². The Labute approximate surface area is 139 Å². The van der Waals surface area contributed by atoms with Gasteiger partial charge >= 0.3 is 0 Å². The second-order valence-electron chi connectivity index (χ2n) is 6.87. The lowest BCUT2D eigenvalue weighted by Crippen LogP contribution is -2.44. The molecule has 1 aliphatic rings. The van der Waals surface area contributed by atoms with Crippen LogP contribution in [0.4, 0.5) is 0 Å². The summed E-state index contributed by atoms with van der Waals surface area (Å²) in [6, 6.07) is 0. The van der Waals surface area contributed by atoms with Gasteiger partial charge in [-0.1, -0.05) is 32.6 Å². The van der Waals surface area contributed by atoms with Crippen LogP contribution in [0.3, 0.4) is 0 Å². The fourth-order valence-corrected chi connectivity index (χ4v) is 2.43. The van der Waals surface area contributed by atoms with Crippen LogP contribution in [0.25, 0.3) is 0 Å². The number of carbonyl (C=O) groups is 2. The third-order valence-corrected chi connectivity index (χ3v) is 4.03. The van der Waals surface area contributed by atoms with Crippen LogP contribution < -0.4 is 0 Å². The minimum atomic E-state index is -0.341. The Morgan fingerprint density at radius 2 is 1.87 bits per heavy atom. The van der Waals surface area contributed by atoms with Gasteiger partial charge in [-0.3, -0.25) is 9.59 Å². The summed E-state index contributed by atoms with van der Waals surface area (Å²) in [6.45, 7) is 6.78. The van der Waals surface area contributed by atoms with Crippen molar-refractivity contribution in [1.29, 1.82) is 0 Å². The molecule has 0 bridgehead atoms. The molecule has 1 rings (SSSR count). The highest BCUT2D eigenvalue weighted by atomic mass is 16.5. The van der Waals surface area contributed by atoms with Crippen LogP contribution in [0.5, 0.6) is 0 Å². The highest BCUT2D eigenvalue weighted by Gasteiger charge is 2.26. The summed E-state index contributed by atoms with van der Waals surface area (Å²) in [5.41, 5.74) is -0.341. The number of ether oxygens (including phenoxy) is 2. The maximum atomic E-state index is 12.4. The molecule has 5 heteroatoms. The van der Waals surface area contributed by atoms with Gasteiger partial charge in [0, 0.05) is 45.4 Å². The molecule has 130 valence electrons. The zero-order valence-electron chi connectivity index (χ0n) is 15.0. The number of amides is 1. The monoisotopic (exact) mass is 323 g/mol. The summed E-state index contributed by atoms with van der Waals surface area (Å²) in [4.78, 5) is 26.1. The van der Waals surface area contributed by atoms with Crippen molar-refractivity contribution in [2.75, 3.05) is 27.3 Å². The Morgan fingerprint density at radius 1 is 1.17 bits per heavy atom. The van der Waals surface area contributed by atoms with Crippen molar-refractivity contribution in [3.05, 3.63) is 0 Å². The Morgan fingerprint density at radius 3 is 2.43 bits per heavy atom. The summed E-state index contributed by atoms with van der Waals surface area (Å²) < 4.78 is 10.7. The molecule has 0 aromatic heterocycles. The van der Waals surface area contributed by atoms with Gasteiger partial charge in [0.2, 0.25) is 5.91 Å². The van der Waals surface area contributed by atoms with Gasteiger partial charge < -0.3 is 14.4 Å². The van der Waals surface area contributed by atoms with Crippen LogP contribution >= 0.6 is 0 Å². The predicted octanol–water partition coefficient (Wildman–Crippen LogP) is 2.04. The summed E-state index contributed by atoms with van der Waals surface area (Å²) in [7, 11) is 3.20. The number of nitrogens with zero attached hydrogens (tertiary/aromatic N) is 1. The molecule has 0 spiro atoms. The normalized spacial score (nSPS) is 21.9. The number of rotatable bonds is 6. The third kappa shape index (κ3) is 6.32. The van der Waals surface area contributed by atoms with Crippen molar-refractivity contribution >= 4 is 11.7 Å². The molecule has 1 aliphatic heterocycles. The molecule has 1 heterocycles. The molecule has 0 saturated heterocycles. The van der Waals surface area contributed by atoms with Gasteiger partial charge in [0.15, 0.2) is 0 Å². The van der Waals surface area contributed by atoms with Gasteiger partial charge in [0.25, 0.3) is 0 Å². The van der Waals surface area contributed by atoms with Crippen LogP contribution in [-0.2, 0) is 19.1 Å². The zero-order chi connectivity index (χ0) is 17.5. The minimum Gasteiger partial charge on any atom is -0.376 e. The van der Waals surface area contributed by atoms with E-state index < -0.39 is 0 Å². The average Bonchev–Trinajstić information content (AvgIpc) is 2.46. The molecule has 0 aliphatic carbocycles. The van der Waals surface area contributed by atoms with E-state index in [2.05, 4.69) is 11.8 Å². The van der Waals surface area contributed by atoms with Gasteiger partial charge in [-0.2, -0.15) is 0 Å². The first-order valence-electron chi connectivity index (χ1n) is 8.14.